The third-order valence-corrected chi connectivity index (χ3v) is 7.10. The Balaban J connectivity index is 1.26. The van der Waals surface area contributed by atoms with E-state index in [9.17, 15) is 4.79 Å². The van der Waals surface area contributed by atoms with E-state index in [2.05, 4.69) is 10.2 Å². The van der Waals surface area contributed by atoms with Crippen molar-refractivity contribution in [3.63, 3.8) is 0 Å². The second kappa shape index (κ2) is 9.99. The van der Waals surface area contributed by atoms with Crippen LogP contribution in [0.2, 0.25) is 0 Å². The van der Waals surface area contributed by atoms with E-state index in [4.69, 9.17) is 14.2 Å². The first-order valence-electron chi connectivity index (χ1n) is 11.8. The summed E-state index contributed by atoms with van der Waals surface area (Å²) in [6.07, 6.45) is -0.440. The van der Waals surface area contributed by atoms with Crippen molar-refractivity contribution in [1.82, 2.24) is 14.8 Å². The van der Waals surface area contributed by atoms with Crippen molar-refractivity contribution in [2.75, 3.05) is 19.5 Å². The van der Waals surface area contributed by atoms with E-state index < -0.39 is 6.10 Å². The number of nitrogens with zero attached hydrogens (tertiary/aromatic N) is 3. The van der Waals surface area contributed by atoms with Gasteiger partial charge >= 0.3 is 0 Å². The van der Waals surface area contributed by atoms with Crippen molar-refractivity contribution < 1.29 is 19.0 Å². The molecule has 8 heteroatoms. The molecular weight excluding hydrogens is 486 g/mol. The maximum atomic E-state index is 13.1. The molecule has 1 unspecified atom stereocenters. The Morgan fingerprint density at radius 2 is 1.70 bits per heavy atom. The molecule has 1 atom stereocenters. The zero-order chi connectivity index (χ0) is 25.2. The van der Waals surface area contributed by atoms with Crippen molar-refractivity contribution >= 4 is 28.3 Å². The number of benzene rings is 4. The van der Waals surface area contributed by atoms with Crippen LogP contribution in [0.4, 0.5) is 0 Å². The summed E-state index contributed by atoms with van der Waals surface area (Å²) in [5.74, 6) is 3.01. The number of fused-ring (bicyclic) bond motifs is 2. The first-order chi connectivity index (χ1) is 18.2. The zero-order valence-corrected chi connectivity index (χ0v) is 20.9. The summed E-state index contributed by atoms with van der Waals surface area (Å²) >= 11 is 1.35. The molecule has 0 spiro atoms. The Bertz CT molecular complexity index is 1590. The zero-order valence-electron chi connectivity index (χ0n) is 20.0. The van der Waals surface area contributed by atoms with Gasteiger partial charge in [-0.1, -0.05) is 60.3 Å². The molecule has 0 aliphatic carbocycles. The molecular formula is C29H23N3O4S. The fourth-order valence-electron chi connectivity index (χ4n) is 4.29. The van der Waals surface area contributed by atoms with Gasteiger partial charge in [-0.25, -0.2) is 0 Å². The molecule has 2 heterocycles. The van der Waals surface area contributed by atoms with Crippen molar-refractivity contribution in [3.05, 3.63) is 102 Å². The number of ether oxygens (including phenoxy) is 3. The van der Waals surface area contributed by atoms with E-state index in [1.165, 1.54) is 11.8 Å². The molecule has 184 valence electrons. The molecule has 1 aromatic heterocycles. The van der Waals surface area contributed by atoms with Crippen LogP contribution in [0, 0.1) is 0 Å². The minimum Gasteiger partial charge on any atom is -0.497 e. The van der Waals surface area contributed by atoms with Crippen molar-refractivity contribution in [2.45, 2.75) is 11.3 Å². The number of methoxy groups -OCH3 is 1. The molecule has 0 saturated carbocycles. The van der Waals surface area contributed by atoms with E-state index >= 15 is 0 Å². The van der Waals surface area contributed by atoms with E-state index in [0.717, 1.165) is 22.2 Å². The maximum Gasteiger partial charge on any atom is 0.196 e. The summed E-state index contributed by atoms with van der Waals surface area (Å²) in [7, 11) is 1.64. The smallest absolute Gasteiger partial charge is 0.196 e. The van der Waals surface area contributed by atoms with Crippen molar-refractivity contribution in [3.8, 4) is 22.9 Å². The number of Topliss-reactive ketones (excluding diaryl/α,β-unsaturated/α-hetero) is 1. The van der Waals surface area contributed by atoms with E-state index in [1.54, 1.807) is 7.11 Å². The Morgan fingerprint density at radius 1 is 0.946 bits per heavy atom. The van der Waals surface area contributed by atoms with Gasteiger partial charge in [0.25, 0.3) is 0 Å². The predicted molar refractivity (Wildman–Crippen MR) is 142 cm³/mol. The monoisotopic (exact) mass is 509 g/mol. The third kappa shape index (κ3) is 4.63. The van der Waals surface area contributed by atoms with Crippen LogP contribution < -0.4 is 14.2 Å². The first kappa shape index (κ1) is 23.1. The summed E-state index contributed by atoms with van der Waals surface area (Å²) in [5.41, 5.74) is 1.54. The van der Waals surface area contributed by atoms with Crippen LogP contribution in [0.1, 0.15) is 22.3 Å². The normalized spacial score (nSPS) is 14.5. The van der Waals surface area contributed by atoms with Gasteiger partial charge in [-0.15, -0.1) is 10.2 Å². The molecule has 6 rings (SSSR count). The molecule has 5 aromatic rings. The number of thioether (sulfide) groups is 1. The molecule has 0 fully saturated rings. The fourth-order valence-corrected chi connectivity index (χ4v) is 5.14. The van der Waals surface area contributed by atoms with E-state index in [-0.39, 0.29) is 11.5 Å². The minimum atomic E-state index is -0.440. The lowest BCUT2D eigenvalue weighted by atomic mass is 10.0. The Kier molecular flexibility index (Phi) is 6.24. The van der Waals surface area contributed by atoms with E-state index in [1.807, 2.05) is 95.6 Å². The molecule has 4 aromatic carbocycles. The second-order valence-corrected chi connectivity index (χ2v) is 9.46. The minimum absolute atomic E-state index is 0.0121. The van der Waals surface area contributed by atoms with Crippen LogP contribution in [0.5, 0.6) is 17.2 Å². The van der Waals surface area contributed by atoms with Gasteiger partial charge in [0.15, 0.2) is 34.4 Å². The topological polar surface area (TPSA) is 75.5 Å². The van der Waals surface area contributed by atoms with Crippen LogP contribution in [0.3, 0.4) is 0 Å². The molecule has 0 N–H and O–H groups in total. The van der Waals surface area contributed by atoms with Gasteiger partial charge in [-0.3, -0.25) is 9.36 Å². The number of hydrogen-bond donors (Lipinski definition) is 0. The molecule has 0 bridgehead atoms. The van der Waals surface area contributed by atoms with Gasteiger partial charge in [0.2, 0.25) is 0 Å². The summed E-state index contributed by atoms with van der Waals surface area (Å²) in [5, 5.41) is 11.5. The Labute approximate surface area is 218 Å². The number of hydrogen-bond acceptors (Lipinski definition) is 7. The van der Waals surface area contributed by atoms with Gasteiger partial charge in [-0.05, 0) is 53.2 Å². The van der Waals surface area contributed by atoms with Crippen LogP contribution >= 0.6 is 11.8 Å². The largest absolute Gasteiger partial charge is 0.497 e. The maximum absolute atomic E-state index is 13.1. The number of ketones is 1. The average molecular weight is 510 g/mol. The van der Waals surface area contributed by atoms with E-state index in [0.29, 0.717) is 34.7 Å². The van der Waals surface area contributed by atoms with Crippen LogP contribution in [0.25, 0.3) is 16.5 Å². The highest BCUT2D eigenvalue weighted by atomic mass is 32.2. The highest BCUT2D eigenvalue weighted by Gasteiger charge is 2.29. The Hall–Kier alpha value is -4.30. The number of aromatic nitrogens is 3. The second-order valence-electron chi connectivity index (χ2n) is 8.52. The SMILES string of the molecule is COc1ccc2cc(C(=O)CSc3nnc(C4COc5ccccc5O4)n3-c3ccccc3)ccc2c1. The molecule has 7 nitrogen and oxygen atoms in total. The predicted octanol–water partition coefficient (Wildman–Crippen LogP) is 5.92. The molecule has 1 aliphatic rings. The van der Waals surface area contributed by atoms with Crippen LogP contribution in [-0.2, 0) is 0 Å². The van der Waals surface area contributed by atoms with Crippen LogP contribution in [0.15, 0.2) is 96.2 Å². The average Bonchev–Trinajstić information content (AvgIpc) is 3.39. The lowest BCUT2D eigenvalue weighted by molar-refractivity contribution is 0.0835. The highest BCUT2D eigenvalue weighted by molar-refractivity contribution is 7.99. The summed E-state index contributed by atoms with van der Waals surface area (Å²) in [4.78, 5) is 13.1. The Morgan fingerprint density at radius 3 is 2.54 bits per heavy atom. The van der Waals surface area contributed by atoms with Gasteiger partial charge in [0.05, 0.1) is 12.9 Å². The van der Waals surface area contributed by atoms with Gasteiger partial charge in [-0.2, -0.15) is 0 Å². The first-order valence-corrected chi connectivity index (χ1v) is 12.8. The molecule has 37 heavy (non-hydrogen) atoms. The lowest BCUT2D eigenvalue weighted by Crippen LogP contribution is -2.24. The van der Waals surface area contributed by atoms with Crippen molar-refractivity contribution in [1.29, 1.82) is 0 Å². The molecule has 0 amide bonds. The summed E-state index contributed by atoms with van der Waals surface area (Å²) < 4.78 is 19.4. The lowest BCUT2D eigenvalue weighted by Gasteiger charge is -2.26. The standard InChI is InChI=1S/C29H23N3O4S/c1-34-23-14-13-19-15-21(12-11-20(19)16-23)24(33)18-37-29-31-30-28(32(29)22-7-3-2-4-8-22)27-17-35-25-9-5-6-10-26(25)36-27/h2-16,27H,17-18H2,1H3. The number of carbonyl (C=O) groups excluding carboxylic acids is 1. The third-order valence-electron chi connectivity index (χ3n) is 6.17. The highest BCUT2D eigenvalue weighted by Crippen LogP contribution is 2.37. The van der Waals surface area contributed by atoms with Crippen molar-refractivity contribution in [2.24, 2.45) is 0 Å². The summed E-state index contributed by atoms with van der Waals surface area (Å²) in [6.45, 7) is 0.313. The molecule has 0 radical (unpaired) electrons. The molecule has 1 aliphatic heterocycles. The summed E-state index contributed by atoms with van der Waals surface area (Å²) in [6, 6.07) is 28.9. The number of para-hydroxylation sites is 3. The van der Waals surface area contributed by atoms with Gasteiger partial charge in [0, 0.05) is 11.3 Å². The number of rotatable bonds is 7. The molecule has 0 saturated heterocycles. The fraction of sp³-hybridized carbons (Fsp3) is 0.138. The van der Waals surface area contributed by atoms with Gasteiger partial charge in [0.1, 0.15) is 12.4 Å². The quantitative estimate of drug-likeness (QED) is 0.199. The van der Waals surface area contributed by atoms with Gasteiger partial charge < -0.3 is 14.2 Å². The van der Waals surface area contributed by atoms with Crippen LogP contribution in [-0.4, -0.2) is 40.0 Å². The number of carbonyl (C=O) groups is 1.